The number of hydrogen-bond acceptors (Lipinski definition) is 2. The van der Waals surface area contributed by atoms with Crippen molar-refractivity contribution in [1.82, 2.24) is 10.2 Å². The molecule has 1 aromatic carbocycles. The van der Waals surface area contributed by atoms with Gasteiger partial charge in [-0.2, -0.15) is 5.10 Å². The van der Waals surface area contributed by atoms with Gasteiger partial charge in [-0.3, -0.25) is 9.89 Å². The maximum absolute atomic E-state index is 11.5. The average molecular weight is 200 g/mol. The van der Waals surface area contributed by atoms with E-state index in [2.05, 4.69) is 10.2 Å². The molecule has 15 heavy (non-hydrogen) atoms. The van der Waals surface area contributed by atoms with Crippen LogP contribution in [0.25, 0.3) is 10.9 Å². The van der Waals surface area contributed by atoms with Gasteiger partial charge in [-0.05, 0) is 25.8 Å². The number of aromatic amines is 1. The first-order valence-corrected chi connectivity index (χ1v) is 5.25. The molecule has 1 fully saturated rings. The van der Waals surface area contributed by atoms with Crippen LogP contribution in [0.1, 0.15) is 41.7 Å². The van der Waals surface area contributed by atoms with Crippen molar-refractivity contribution >= 4 is 16.7 Å². The fourth-order valence-electron chi connectivity index (χ4n) is 2.05. The molecule has 0 unspecified atom stereocenters. The lowest BCUT2D eigenvalue weighted by molar-refractivity contribution is 0.101. The molecule has 3 heteroatoms. The molecular formula is C12H12N2O. The van der Waals surface area contributed by atoms with Gasteiger partial charge in [0.1, 0.15) is 0 Å². The normalized spacial score (nSPS) is 15.8. The number of aromatic nitrogens is 2. The smallest absolute Gasteiger partial charge is 0.160 e. The van der Waals surface area contributed by atoms with E-state index >= 15 is 0 Å². The van der Waals surface area contributed by atoms with E-state index in [-0.39, 0.29) is 5.78 Å². The number of nitrogens with one attached hydrogen (secondary N) is 1. The van der Waals surface area contributed by atoms with E-state index in [4.69, 9.17) is 0 Å². The second-order valence-corrected chi connectivity index (χ2v) is 4.17. The van der Waals surface area contributed by atoms with Crippen LogP contribution in [-0.4, -0.2) is 16.0 Å². The van der Waals surface area contributed by atoms with Gasteiger partial charge < -0.3 is 0 Å². The van der Waals surface area contributed by atoms with Crippen molar-refractivity contribution in [1.29, 1.82) is 0 Å². The Hall–Kier alpha value is -1.64. The predicted molar refractivity (Wildman–Crippen MR) is 58.1 cm³/mol. The van der Waals surface area contributed by atoms with Crippen LogP contribution < -0.4 is 0 Å². The van der Waals surface area contributed by atoms with Crippen molar-refractivity contribution in [2.75, 3.05) is 0 Å². The summed E-state index contributed by atoms with van der Waals surface area (Å²) in [5.41, 5.74) is 2.85. The van der Waals surface area contributed by atoms with Gasteiger partial charge in [-0.15, -0.1) is 0 Å². The van der Waals surface area contributed by atoms with Gasteiger partial charge >= 0.3 is 0 Å². The van der Waals surface area contributed by atoms with Crippen LogP contribution in [0.2, 0.25) is 0 Å². The van der Waals surface area contributed by atoms with Crippen LogP contribution in [0.5, 0.6) is 0 Å². The maximum atomic E-state index is 11.5. The number of H-pyrrole nitrogens is 1. The number of carbonyl (C=O) groups excluding carboxylic acids is 1. The van der Waals surface area contributed by atoms with Gasteiger partial charge in [0, 0.05) is 22.6 Å². The topological polar surface area (TPSA) is 45.8 Å². The summed E-state index contributed by atoms with van der Waals surface area (Å²) in [6.07, 6.45) is 2.42. The standard InChI is InChI=1S/C12H12N2O/c1-7(15)9-3-2-4-10-11(9)12(14-13-10)8-5-6-8/h2-4,8H,5-6H2,1H3,(H,13,14). The quantitative estimate of drug-likeness (QED) is 0.757. The van der Waals surface area contributed by atoms with Crippen molar-refractivity contribution in [3.63, 3.8) is 0 Å². The molecule has 1 N–H and O–H groups in total. The van der Waals surface area contributed by atoms with Crippen molar-refractivity contribution < 1.29 is 4.79 Å². The summed E-state index contributed by atoms with van der Waals surface area (Å²) in [7, 11) is 0. The number of nitrogens with zero attached hydrogens (tertiary/aromatic N) is 1. The molecule has 1 aliphatic carbocycles. The SMILES string of the molecule is CC(=O)c1cccc2n[nH]c(C3CC3)c12. The lowest BCUT2D eigenvalue weighted by Gasteiger charge is -2.00. The van der Waals surface area contributed by atoms with E-state index in [1.165, 1.54) is 12.8 Å². The molecule has 1 aliphatic rings. The van der Waals surface area contributed by atoms with E-state index in [1.54, 1.807) is 6.92 Å². The molecular weight excluding hydrogens is 188 g/mol. The lowest BCUT2D eigenvalue weighted by Crippen LogP contribution is -1.94. The molecule has 0 radical (unpaired) electrons. The Kier molecular flexibility index (Phi) is 1.69. The van der Waals surface area contributed by atoms with Crippen LogP contribution in [0.3, 0.4) is 0 Å². The molecule has 0 spiro atoms. The summed E-state index contributed by atoms with van der Waals surface area (Å²) in [5.74, 6) is 0.708. The highest BCUT2D eigenvalue weighted by Gasteiger charge is 2.28. The molecule has 1 heterocycles. The highest BCUT2D eigenvalue weighted by Crippen LogP contribution is 2.42. The van der Waals surface area contributed by atoms with E-state index in [0.717, 1.165) is 22.2 Å². The third kappa shape index (κ3) is 1.27. The molecule has 0 saturated heterocycles. The van der Waals surface area contributed by atoms with Crippen LogP contribution in [0, 0.1) is 0 Å². The molecule has 0 amide bonds. The summed E-state index contributed by atoms with van der Waals surface area (Å²) in [5, 5.41) is 8.35. The molecule has 3 nitrogen and oxygen atoms in total. The first-order chi connectivity index (χ1) is 7.27. The van der Waals surface area contributed by atoms with E-state index in [0.29, 0.717) is 5.92 Å². The molecule has 2 aromatic rings. The van der Waals surface area contributed by atoms with E-state index in [1.807, 2.05) is 18.2 Å². The third-order valence-electron chi connectivity index (χ3n) is 2.97. The van der Waals surface area contributed by atoms with Crippen LogP contribution in [-0.2, 0) is 0 Å². The van der Waals surface area contributed by atoms with Crippen LogP contribution in [0.15, 0.2) is 18.2 Å². The van der Waals surface area contributed by atoms with E-state index < -0.39 is 0 Å². The maximum Gasteiger partial charge on any atom is 0.160 e. The van der Waals surface area contributed by atoms with Crippen molar-refractivity contribution in [2.24, 2.45) is 0 Å². The zero-order valence-corrected chi connectivity index (χ0v) is 8.58. The number of hydrogen-bond donors (Lipinski definition) is 1. The van der Waals surface area contributed by atoms with Crippen LogP contribution in [0.4, 0.5) is 0 Å². The second kappa shape index (κ2) is 2.92. The Morgan fingerprint density at radius 1 is 1.47 bits per heavy atom. The zero-order chi connectivity index (χ0) is 10.4. The molecule has 3 rings (SSSR count). The summed E-state index contributed by atoms with van der Waals surface area (Å²) >= 11 is 0. The van der Waals surface area contributed by atoms with Crippen LogP contribution >= 0.6 is 0 Å². The lowest BCUT2D eigenvalue weighted by atomic mass is 10.0. The minimum Gasteiger partial charge on any atom is -0.294 e. The monoisotopic (exact) mass is 200 g/mol. The first kappa shape index (κ1) is 8.65. The third-order valence-corrected chi connectivity index (χ3v) is 2.97. The molecule has 1 aromatic heterocycles. The fourth-order valence-corrected chi connectivity index (χ4v) is 2.05. The number of Topliss-reactive ketones (excluding diaryl/α,β-unsaturated/α-hetero) is 1. The number of rotatable bonds is 2. The predicted octanol–water partition coefficient (Wildman–Crippen LogP) is 2.64. The Balaban J connectivity index is 2.33. The summed E-state index contributed by atoms with van der Waals surface area (Å²) < 4.78 is 0. The zero-order valence-electron chi connectivity index (χ0n) is 8.58. The largest absolute Gasteiger partial charge is 0.294 e. The minimum absolute atomic E-state index is 0.115. The highest BCUT2D eigenvalue weighted by atomic mass is 16.1. The first-order valence-electron chi connectivity index (χ1n) is 5.25. The van der Waals surface area contributed by atoms with Gasteiger partial charge in [-0.25, -0.2) is 0 Å². The molecule has 0 bridgehead atoms. The summed E-state index contributed by atoms with van der Waals surface area (Å²) in [6, 6.07) is 5.72. The molecule has 1 saturated carbocycles. The Morgan fingerprint density at radius 2 is 2.27 bits per heavy atom. The Labute approximate surface area is 87.5 Å². The minimum atomic E-state index is 0.115. The van der Waals surface area contributed by atoms with Crippen molar-refractivity contribution in [3.8, 4) is 0 Å². The van der Waals surface area contributed by atoms with Crippen molar-refractivity contribution in [2.45, 2.75) is 25.7 Å². The Bertz CT molecular complexity index is 538. The number of fused-ring (bicyclic) bond motifs is 1. The van der Waals surface area contributed by atoms with Gasteiger partial charge in [0.05, 0.1) is 5.52 Å². The summed E-state index contributed by atoms with van der Waals surface area (Å²) in [4.78, 5) is 11.5. The second-order valence-electron chi connectivity index (χ2n) is 4.17. The number of ketones is 1. The van der Waals surface area contributed by atoms with Gasteiger partial charge in [0.2, 0.25) is 0 Å². The molecule has 0 aliphatic heterocycles. The molecule has 0 atom stereocenters. The van der Waals surface area contributed by atoms with E-state index in [9.17, 15) is 4.79 Å². The number of benzene rings is 1. The van der Waals surface area contributed by atoms with Gasteiger partial charge in [-0.1, -0.05) is 12.1 Å². The fraction of sp³-hybridized carbons (Fsp3) is 0.333. The summed E-state index contributed by atoms with van der Waals surface area (Å²) in [6.45, 7) is 1.61. The van der Waals surface area contributed by atoms with Gasteiger partial charge in [0.25, 0.3) is 0 Å². The molecule has 76 valence electrons. The average Bonchev–Trinajstić information content (AvgIpc) is 2.97. The number of carbonyl (C=O) groups is 1. The highest BCUT2D eigenvalue weighted by molar-refractivity contribution is 6.07. The van der Waals surface area contributed by atoms with Crippen molar-refractivity contribution in [3.05, 3.63) is 29.5 Å². The van der Waals surface area contributed by atoms with Gasteiger partial charge in [0.15, 0.2) is 5.78 Å². The Morgan fingerprint density at radius 3 is 2.93 bits per heavy atom.